The van der Waals surface area contributed by atoms with Crippen LogP contribution < -0.4 is 10.6 Å². The first-order valence-corrected chi connectivity index (χ1v) is 6.36. The van der Waals surface area contributed by atoms with E-state index in [-0.39, 0.29) is 11.4 Å². The number of likely N-dealkylation sites (N-methyl/N-ethyl adjacent to an activating group) is 1. The van der Waals surface area contributed by atoms with Crippen molar-refractivity contribution in [1.29, 1.82) is 0 Å². The largest absolute Gasteiger partial charge is 0.379 e. The van der Waals surface area contributed by atoms with Gasteiger partial charge >= 0.3 is 0 Å². The zero-order chi connectivity index (χ0) is 12.7. The summed E-state index contributed by atoms with van der Waals surface area (Å²) in [5.41, 5.74) is -0.00828. The van der Waals surface area contributed by atoms with E-state index in [1.807, 2.05) is 6.92 Å². The van der Waals surface area contributed by atoms with Gasteiger partial charge in [-0.2, -0.15) is 0 Å². The van der Waals surface area contributed by atoms with Gasteiger partial charge in [0.05, 0.1) is 19.8 Å². The molecule has 1 rings (SSSR count). The summed E-state index contributed by atoms with van der Waals surface area (Å²) in [6.07, 6.45) is 0. The molecule has 0 aromatic heterocycles. The predicted molar refractivity (Wildman–Crippen MR) is 68.0 cm³/mol. The molecule has 5 nitrogen and oxygen atoms in total. The van der Waals surface area contributed by atoms with Crippen LogP contribution in [0.25, 0.3) is 0 Å². The van der Waals surface area contributed by atoms with E-state index in [9.17, 15) is 4.79 Å². The highest BCUT2D eigenvalue weighted by Crippen LogP contribution is 2.14. The van der Waals surface area contributed by atoms with Crippen molar-refractivity contribution in [2.75, 3.05) is 45.9 Å². The van der Waals surface area contributed by atoms with Gasteiger partial charge in [-0.15, -0.1) is 0 Å². The van der Waals surface area contributed by atoms with Crippen LogP contribution in [0.1, 0.15) is 20.8 Å². The van der Waals surface area contributed by atoms with Crippen LogP contribution in [0, 0.1) is 0 Å². The van der Waals surface area contributed by atoms with Crippen molar-refractivity contribution in [3.63, 3.8) is 0 Å². The van der Waals surface area contributed by atoms with Crippen molar-refractivity contribution >= 4 is 5.91 Å². The summed E-state index contributed by atoms with van der Waals surface area (Å²) >= 11 is 0. The molecule has 100 valence electrons. The van der Waals surface area contributed by atoms with Crippen molar-refractivity contribution in [3.05, 3.63) is 0 Å². The van der Waals surface area contributed by atoms with E-state index in [1.165, 1.54) is 0 Å². The van der Waals surface area contributed by atoms with E-state index in [1.54, 1.807) is 0 Å². The van der Waals surface area contributed by atoms with Crippen molar-refractivity contribution in [1.82, 2.24) is 15.5 Å². The van der Waals surface area contributed by atoms with E-state index in [0.717, 1.165) is 32.8 Å². The van der Waals surface area contributed by atoms with Crippen LogP contribution in [0.2, 0.25) is 0 Å². The Morgan fingerprint density at radius 2 is 2.00 bits per heavy atom. The normalized spacial score (nSPS) is 18.1. The smallest absolute Gasteiger partial charge is 0.234 e. The maximum absolute atomic E-state index is 11.5. The van der Waals surface area contributed by atoms with Crippen LogP contribution >= 0.6 is 0 Å². The third-order valence-electron chi connectivity index (χ3n) is 3.12. The Balaban J connectivity index is 2.29. The highest BCUT2D eigenvalue weighted by Gasteiger charge is 2.28. The van der Waals surface area contributed by atoms with Gasteiger partial charge < -0.3 is 15.4 Å². The lowest BCUT2D eigenvalue weighted by molar-refractivity contribution is -0.121. The number of carbonyl (C=O) groups is 1. The number of nitrogens with one attached hydrogen (secondary N) is 2. The molecule has 0 spiro atoms. The first-order chi connectivity index (χ1) is 8.06. The van der Waals surface area contributed by atoms with Crippen molar-refractivity contribution < 1.29 is 9.53 Å². The van der Waals surface area contributed by atoms with Gasteiger partial charge in [0, 0.05) is 25.2 Å². The quantitative estimate of drug-likeness (QED) is 0.680. The Bertz CT molecular complexity index is 238. The Kier molecular flexibility index (Phi) is 5.88. The zero-order valence-corrected chi connectivity index (χ0v) is 11.2. The number of carbonyl (C=O) groups excluding carboxylic acids is 1. The van der Waals surface area contributed by atoms with Crippen LogP contribution in [0.5, 0.6) is 0 Å². The highest BCUT2D eigenvalue weighted by molar-refractivity contribution is 5.78. The van der Waals surface area contributed by atoms with E-state index in [0.29, 0.717) is 13.1 Å². The number of ether oxygens (including phenoxy) is 1. The van der Waals surface area contributed by atoms with E-state index < -0.39 is 0 Å². The van der Waals surface area contributed by atoms with E-state index in [4.69, 9.17) is 4.74 Å². The zero-order valence-electron chi connectivity index (χ0n) is 11.2. The lowest BCUT2D eigenvalue weighted by Gasteiger charge is -2.40. The fourth-order valence-electron chi connectivity index (χ4n) is 1.90. The third kappa shape index (κ3) is 5.02. The molecule has 5 heteroatoms. The van der Waals surface area contributed by atoms with Crippen LogP contribution in [0.3, 0.4) is 0 Å². The maximum atomic E-state index is 11.5. The number of nitrogens with zero attached hydrogens (tertiary/aromatic N) is 1. The minimum absolute atomic E-state index is 0.00828. The molecule has 1 saturated heterocycles. The number of rotatable bonds is 6. The minimum atomic E-state index is -0.00828. The van der Waals surface area contributed by atoms with Crippen molar-refractivity contribution in [3.8, 4) is 0 Å². The second-order valence-electron chi connectivity index (χ2n) is 4.97. The van der Waals surface area contributed by atoms with Gasteiger partial charge in [-0.05, 0) is 20.4 Å². The molecule has 0 aromatic rings. The van der Waals surface area contributed by atoms with Gasteiger partial charge in [-0.3, -0.25) is 9.69 Å². The molecule has 1 aliphatic rings. The molecule has 17 heavy (non-hydrogen) atoms. The predicted octanol–water partition coefficient (Wildman–Crippen LogP) is -0.177. The summed E-state index contributed by atoms with van der Waals surface area (Å²) in [6, 6.07) is 0. The van der Waals surface area contributed by atoms with Gasteiger partial charge in [0.1, 0.15) is 0 Å². The van der Waals surface area contributed by atoms with Crippen LogP contribution in [0.15, 0.2) is 0 Å². The average molecular weight is 243 g/mol. The SMILES string of the molecule is CCNCC(=O)NCC(C)(C)N1CCOCC1. The van der Waals surface area contributed by atoms with Crippen LogP contribution in [-0.2, 0) is 9.53 Å². The molecule has 1 fully saturated rings. The number of hydrogen-bond donors (Lipinski definition) is 2. The Labute approximate surface area is 104 Å². The van der Waals surface area contributed by atoms with Gasteiger partial charge in [0.15, 0.2) is 0 Å². The standard InChI is InChI=1S/C12H25N3O2/c1-4-13-9-11(16)14-10-12(2,3)15-5-7-17-8-6-15/h13H,4-10H2,1-3H3,(H,14,16). The van der Waals surface area contributed by atoms with Gasteiger partial charge in [-0.1, -0.05) is 6.92 Å². The average Bonchev–Trinajstić information content (AvgIpc) is 2.35. The molecule has 0 bridgehead atoms. The molecule has 2 N–H and O–H groups in total. The van der Waals surface area contributed by atoms with Gasteiger partial charge in [-0.25, -0.2) is 0 Å². The summed E-state index contributed by atoms with van der Waals surface area (Å²) in [6.45, 7) is 11.7. The molecule has 0 atom stereocenters. The first-order valence-electron chi connectivity index (χ1n) is 6.36. The lowest BCUT2D eigenvalue weighted by atomic mass is 10.0. The second-order valence-corrected chi connectivity index (χ2v) is 4.97. The van der Waals surface area contributed by atoms with Gasteiger partial charge in [0.2, 0.25) is 5.91 Å². The second kappa shape index (κ2) is 6.93. The van der Waals surface area contributed by atoms with Crippen molar-refractivity contribution in [2.24, 2.45) is 0 Å². The summed E-state index contributed by atoms with van der Waals surface area (Å²) in [5.74, 6) is 0.0631. The fraction of sp³-hybridized carbons (Fsp3) is 0.917. The molecule has 0 aliphatic carbocycles. The Hall–Kier alpha value is -0.650. The molecule has 1 aliphatic heterocycles. The summed E-state index contributed by atoms with van der Waals surface area (Å²) < 4.78 is 5.33. The fourth-order valence-corrected chi connectivity index (χ4v) is 1.90. The summed E-state index contributed by atoms with van der Waals surface area (Å²) in [5, 5.41) is 5.99. The molecule has 1 amide bonds. The first kappa shape index (κ1) is 14.4. The topological polar surface area (TPSA) is 53.6 Å². The van der Waals surface area contributed by atoms with Crippen LogP contribution in [-0.4, -0.2) is 62.3 Å². The number of hydrogen-bond acceptors (Lipinski definition) is 4. The number of amides is 1. The van der Waals surface area contributed by atoms with E-state index >= 15 is 0 Å². The molecule has 0 unspecified atom stereocenters. The lowest BCUT2D eigenvalue weighted by Crippen LogP contribution is -2.55. The maximum Gasteiger partial charge on any atom is 0.234 e. The van der Waals surface area contributed by atoms with Crippen LogP contribution in [0.4, 0.5) is 0 Å². The summed E-state index contributed by atoms with van der Waals surface area (Å²) in [4.78, 5) is 13.9. The van der Waals surface area contributed by atoms with E-state index in [2.05, 4.69) is 29.4 Å². The third-order valence-corrected chi connectivity index (χ3v) is 3.12. The molecule has 1 heterocycles. The molecular formula is C12H25N3O2. The monoisotopic (exact) mass is 243 g/mol. The Morgan fingerprint density at radius 1 is 1.35 bits per heavy atom. The number of morpholine rings is 1. The Morgan fingerprint density at radius 3 is 2.59 bits per heavy atom. The highest BCUT2D eigenvalue weighted by atomic mass is 16.5. The summed E-state index contributed by atoms with van der Waals surface area (Å²) in [7, 11) is 0. The molecular weight excluding hydrogens is 218 g/mol. The minimum Gasteiger partial charge on any atom is -0.379 e. The van der Waals surface area contributed by atoms with Gasteiger partial charge in [0.25, 0.3) is 0 Å². The van der Waals surface area contributed by atoms with Crippen molar-refractivity contribution in [2.45, 2.75) is 26.3 Å². The molecule has 0 aromatic carbocycles. The molecule has 0 saturated carbocycles. The molecule has 0 radical (unpaired) electrons.